The topological polar surface area (TPSA) is 70.2 Å². The Kier molecular flexibility index (Phi) is 6.83. The summed E-state index contributed by atoms with van der Waals surface area (Å²) in [5, 5.41) is 8.74. The van der Waals surface area contributed by atoms with Crippen molar-refractivity contribution in [3.8, 4) is 0 Å². The van der Waals surface area contributed by atoms with Crippen molar-refractivity contribution in [2.45, 2.75) is 26.4 Å². The van der Waals surface area contributed by atoms with E-state index in [0.29, 0.717) is 11.6 Å². The summed E-state index contributed by atoms with van der Waals surface area (Å²) in [5.74, 6) is -0.257. The van der Waals surface area contributed by atoms with E-state index in [9.17, 15) is 9.59 Å². The molecule has 0 aliphatic carbocycles. The molecule has 0 aromatic heterocycles. The van der Waals surface area contributed by atoms with E-state index in [0.717, 1.165) is 11.1 Å². The minimum absolute atomic E-state index is 0.0857. The van der Waals surface area contributed by atoms with E-state index in [2.05, 4.69) is 16.0 Å². The molecule has 1 atom stereocenters. The predicted molar refractivity (Wildman–Crippen MR) is 99.4 cm³/mol. The molecule has 0 radical (unpaired) electrons. The van der Waals surface area contributed by atoms with Crippen LogP contribution in [0.3, 0.4) is 0 Å². The average Bonchev–Trinajstić information content (AvgIpc) is 2.60. The van der Waals surface area contributed by atoms with Gasteiger partial charge >= 0.3 is 6.03 Å². The Bertz CT molecular complexity index is 714. The first-order chi connectivity index (χ1) is 11.9. The number of halogens is 1. The van der Waals surface area contributed by atoms with Crippen LogP contribution in [0.1, 0.15) is 29.7 Å². The molecule has 0 saturated carbocycles. The molecular weight excluding hydrogens is 338 g/mol. The number of rotatable bonds is 6. The Morgan fingerprint density at radius 1 is 1.00 bits per heavy atom. The third-order valence-electron chi connectivity index (χ3n) is 3.73. The maximum absolute atomic E-state index is 11.9. The molecule has 132 valence electrons. The van der Waals surface area contributed by atoms with Crippen LogP contribution < -0.4 is 16.0 Å². The zero-order chi connectivity index (χ0) is 18.2. The van der Waals surface area contributed by atoms with Gasteiger partial charge < -0.3 is 16.0 Å². The third kappa shape index (κ3) is 6.47. The monoisotopic (exact) mass is 359 g/mol. The molecular formula is C19H22ClN3O2. The molecule has 6 heteroatoms. The number of aryl methyl sites for hydroxylation is 1. The normalized spacial score (nSPS) is 11.5. The van der Waals surface area contributed by atoms with Gasteiger partial charge in [0.15, 0.2) is 0 Å². The number of carbonyl (C=O) groups is 2. The van der Waals surface area contributed by atoms with Crippen molar-refractivity contribution in [2.24, 2.45) is 0 Å². The van der Waals surface area contributed by atoms with E-state index < -0.39 is 0 Å². The molecule has 2 rings (SSSR count). The second-order valence-electron chi connectivity index (χ2n) is 5.86. The molecule has 1 unspecified atom stereocenters. The molecule has 3 amide bonds. The lowest BCUT2D eigenvalue weighted by molar-refractivity contribution is -0.120. The summed E-state index contributed by atoms with van der Waals surface area (Å²) in [6.07, 6.45) is 0. The molecule has 0 saturated heterocycles. The molecule has 0 aliphatic heterocycles. The van der Waals surface area contributed by atoms with Crippen LogP contribution in [0.4, 0.5) is 4.79 Å². The average molecular weight is 360 g/mol. The first kappa shape index (κ1) is 18.8. The van der Waals surface area contributed by atoms with Gasteiger partial charge in [-0.15, -0.1) is 0 Å². The SMILES string of the molecule is Cc1ccc(CNC(=O)NCC(=O)NC(C)c2ccc(Cl)cc2)cc1. The molecule has 0 bridgehead atoms. The summed E-state index contributed by atoms with van der Waals surface area (Å²) in [6, 6.07) is 14.6. The van der Waals surface area contributed by atoms with Crippen LogP contribution in [0, 0.1) is 6.92 Å². The molecule has 0 heterocycles. The number of urea groups is 1. The fraction of sp³-hybridized carbons (Fsp3) is 0.263. The lowest BCUT2D eigenvalue weighted by atomic mass is 10.1. The molecule has 0 aliphatic rings. The third-order valence-corrected chi connectivity index (χ3v) is 3.98. The first-order valence-corrected chi connectivity index (χ1v) is 8.44. The van der Waals surface area contributed by atoms with Crippen LogP contribution in [0.15, 0.2) is 48.5 Å². The fourth-order valence-electron chi connectivity index (χ4n) is 2.24. The van der Waals surface area contributed by atoms with E-state index in [1.807, 2.05) is 50.2 Å². The summed E-state index contributed by atoms with van der Waals surface area (Å²) in [4.78, 5) is 23.7. The van der Waals surface area contributed by atoms with Gasteiger partial charge in [-0.1, -0.05) is 53.6 Å². The lowest BCUT2D eigenvalue weighted by Gasteiger charge is -2.15. The van der Waals surface area contributed by atoms with E-state index in [-0.39, 0.29) is 24.5 Å². The van der Waals surface area contributed by atoms with Crippen LogP contribution in [-0.4, -0.2) is 18.5 Å². The van der Waals surface area contributed by atoms with Crippen molar-refractivity contribution < 1.29 is 9.59 Å². The zero-order valence-electron chi connectivity index (χ0n) is 14.3. The number of hydrogen-bond acceptors (Lipinski definition) is 2. The smallest absolute Gasteiger partial charge is 0.315 e. The van der Waals surface area contributed by atoms with Crippen LogP contribution in [-0.2, 0) is 11.3 Å². The molecule has 3 N–H and O–H groups in total. The zero-order valence-corrected chi connectivity index (χ0v) is 15.1. The van der Waals surface area contributed by atoms with Crippen molar-refractivity contribution in [3.05, 3.63) is 70.2 Å². The summed E-state index contributed by atoms with van der Waals surface area (Å²) in [7, 11) is 0. The van der Waals surface area contributed by atoms with Crippen molar-refractivity contribution in [1.82, 2.24) is 16.0 Å². The summed E-state index contributed by atoms with van der Waals surface area (Å²) in [6.45, 7) is 4.21. The Morgan fingerprint density at radius 3 is 2.28 bits per heavy atom. The minimum atomic E-state index is -0.380. The lowest BCUT2D eigenvalue weighted by Crippen LogP contribution is -2.42. The number of hydrogen-bond donors (Lipinski definition) is 3. The van der Waals surface area contributed by atoms with Crippen LogP contribution >= 0.6 is 11.6 Å². The van der Waals surface area contributed by atoms with Gasteiger partial charge in [-0.05, 0) is 37.1 Å². The van der Waals surface area contributed by atoms with Gasteiger partial charge in [-0.2, -0.15) is 0 Å². The van der Waals surface area contributed by atoms with Gasteiger partial charge in [0, 0.05) is 11.6 Å². The number of nitrogens with one attached hydrogen (secondary N) is 3. The molecule has 5 nitrogen and oxygen atoms in total. The minimum Gasteiger partial charge on any atom is -0.348 e. The molecule has 0 spiro atoms. The van der Waals surface area contributed by atoms with E-state index >= 15 is 0 Å². The Balaban J connectivity index is 1.70. The van der Waals surface area contributed by atoms with Gasteiger partial charge in [-0.3, -0.25) is 4.79 Å². The summed E-state index contributed by atoms with van der Waals surface area (Å²) >= 11 is 5.85. The maximum Gasteiger partial charge on any atom is 0.315 e. The van der Waals surface area contributed by atoms with Crippen LogP contribution in [0.2, 0.25) is 5.02 Å². The number of carbonyl (C=O) groups excluding carboxylic acids is 2. The predicted octanol–water partition coefficient (Wildman–Crippen LogP) is 3.33. The first-order valence-electron chi connectivity index (χ1n) is 8.06. The maximum atomic E-state index is 11.9. The van der Waals surface area contributed by atoms with Crippen LogP contribution in [0.25, 0.3) is 0 Å². The van der Waals surface area contributed by atoms with Crippen LogP contribution in [0.5, 0.6) is 0 Å². The van der Waals surface area contributed by atoms with E-state index in [4.69, 9.17) is 11.6 Å². The van der Waals surface area contributed by atoms with Gasteiger partial charge in [0.2, 0.25) is 5.91 Å². The molecule has 25 heavy (non-hydrogen) atoms. The highest BCUT2D eigenvalue weighted by molar-refractivity contribution is 6.30. The quantitative estimate of drug-likeness (QED) is 0.740. The van der Waals surface area contributed by atoms with Gasteiger partial charge in [-0.25, -0.2) is 4.79 Å². The highest BCUT2D eigenvalue weighted by Crippen LogP contribution is 2.15. The Labute approximate surface area is 152 Å². The summed E-state index contributed by atoms with van der Waals surface area (Å²) < 4.78 is 0. The highest BCUT2D eigenvalue weighted by Gasteiger charge is 2.10. The van der Waals surface area contributed by atoms with Crippen molar-refractivity contribution >= 4 is 23.5 Å². The van der Waals surface area contributed by atoms with Gasteiger partial charge in [0.05, 0.1) is 12.6 Å². The Hall–Kier alpha value is -2.53. The number of amides is 3. The second kappa shape index (κ2) is 9.08. The Morgan fingerprint density at radius 2 is 1.64 bits per heavy atom. The molecule has 2 aromatic carbocycles. The van der Waals surface area contributed by atoms with E-state index in [1.54, 1.807) is 12.1 Å². The van der Waals surface area contributed by atoms with Crippen molar-refractivity contribution in [2.75, 3.05) is 6.54 Å². The van der Waals surface area contributed by atoms with Gasteiger partial charge in [0.1, 0.15) is 0 Å². The van der Waals surface area contributed by atoms with E-state index in [1.165, 1.54) is 5.56 Å². The second-order valence-corrected chi connectivity index (χ2v) is 6.30. The highest BCUT2D eigenvalue weighted by atomic mass is 35.5. The number of benzene rings is 2. The van der Waals surface area contributed by atoms with Gasteiger partial charge in [0.25, 0.3) is 0 Å². The molecule has 2 aromatic rings. The van der Waals surface area contributed by atoms with Crippen molar-refractivity contribution in [1.29, 1.82) is 0 Å². The largest absolute Gasteiger partial charge is 0.348 e. The van der Waals surface area contributed by atoms with Crippen molar-refractivity contribution in [3.63, 3.8) is 0 Å². The standard InChI is InChI=1S/C19H22ClN3O2/c1-13-3-5-15(6-4-13)11-21-19(25)22-12-18(24)23-14(2)16-7-9-17(20)10-8-16/h3-10,14H,11-12H2,1-2H3,(H,23,24)(H2,21,22,25). The summed E-state index contributed by atoms with van der Waals surface area (Å²) in [5.41, 5.74) is 3.11. The fourth-order valence-corrected chi connectivity index (χ4v) is 2.36. The molecule has 0 fully saturated rings.